The Hall–Kier alpha value is -2.36. The first-order valence-electron chi connectivity index (χ1n) is 7.03. The number of benzene rings is 1. The van der Waals surface area contributed by atoms with Gasteiger partial charge in [0.15, 0.2) is 0 Å². The number of hydrogen-bond donors (Lipinski definition) is 1. The Bertz CT molecular complexity index is 618. The van der Waals surface area contributed by atoms with E-state index in [1.807, 2.05) is 55.4 Å². The van der Waals surface area contributed by atoms with Crippen molar-refractivity contribution in [2.45, 2.75) is 19.8 Å². The van der Waals surface area contributed by atoms with Crippen LogP contribution in [0.4, 0.5) is 11.5 Å². The summed E-state index contributed by atoms with van der Waals surface area (Å²) in [6.45, 7) is 4.29. The van der Waals surface area contributed by atoms with E-state index in [0.717, 1.165) is 11.5 Å². The summed E-state index contributed by atoms with van der Waals surface area (Å²) in [6.07, 6.45) is 0. The molecule has 0 unspecified atom stereocenters. The molecule has 0 fully saturated rings. The second-order valence-electron chi connectivity index (χ2n) is 5.51. The van der Waals surface area contributed by atoms with Crippen LogP contribution < -0.4 is 10.2 Å². The lowest BCUT2D eigenvalue weighted by Crippen LogP contribution is -2.17. The van der Waals surface area contributed by atoms with Gasteiger partial charge in [-0.1, -0.05) is 32.0 Å². The molecular weight excluding hydrogens is 262 g/mol. The molecule has 0 atom stereocenters. The third-order valence-electron chi connectivity index (χ3n) is 3.26. The topological polar surface area (TPSA) is 45.2 Å². The summed E-state index contributed by atoms with van der Waals surface area (Å²) in [5, 5.41) is 2.87. The maximum absolute atomic E-state index is 12.2. The van der Waals surface area contributed by atoms with Crippen LogP contribution in [0.3, 0.4) is 0 Å². The highest BCUT2D eigenvalue weighted by atomic mass is 16.1. The van der Waals surface area contributed by atoms with Crippen LogP contribution in [0.5, 0.6) is 0 Å². The Morgan fingerprint density at radius 2 is 1.76 bits per heavy atom. The van der Waals surface area contributed by atoms with E-state index in [1.54, 1.807) is 6.07 Å². The van der Waals surface area contributed by atoms with Crippen LogP contribution in [-0.4, -0.2) is 25.0 Å². The average Bonchev–Trinajstić information content (AvgIpc) is 2.48. The number of amides is 1. The van der Waals surface area contributed by atoms with Crippen LogP contribution >= 0.6 is 0 Å². The first kappa shape index (κ1) is 15.0. The second-order valence-corrected chi connectivity index (χ2v) is 5.51. The van der Waals surface area contributed by atoms with E-state index in [2.05, 4.69) is 24.1 Å². The summed E-state index contributed by atoms with van der Waals surface area (Å²) in [4.78, 5) is 18.4. The predicted molar refractivity (Wildman–Crippen MR) is 87.0 cm³/mol. The van der Waals surface area contributed by atoms with E-state index in [0.29, 0.717) is 11.6 Å². The number of pyridine rings is 1. The van der Waals surface area contributed by atoms with Crippen molar-refractivity contribution in [3.05, 3.63) is 53.7 Å². The minimum absolute atomic E-state index is 0.198. The number of carbonyl (C=O) groups excluding carboxylic acids is 1. The number of aromatic nitrogens is 1. The molecule has 0 spiro atoms. The third-order valence-corrected chi connectivity index (χ3v) is 3.26. The molecule has 4 heteroatoms. The van der Waals surface area contributed by atoms with Gasteiger partial charge in [0.25, 0.3) is 5.91 Å². The maximum Gasteiger partial charge on any atom is 0.274 e. The SMILES string of the molecule is CC(C)c1ccc(NC(=O)c2cccc(N(C)C)n2)cc1. The van der Waals surface area contributed by atoms with E-state index in [9.17, 15) is 4.79 Å². The molecule has 2 rings (SSSR count). The Morgan fingerprint density at radius 3 is 2.33 bits per heavy atom. The van der Waals surface area contributed by atoms with Crippen molar-refractivity contribution in [2.24, 2.45) is 0 Å². The lowest BCUT2D eigenvalue weighted by molar-refractivity contribution is 0.102. The Kier molecular flexibility index (Phi) is 4.58. The molecule has 0 saturated heterocycles. The fraction of sp³-hybridized carbons (Fsp3) is 0.294. The van der Waals surface area contributed by atoms with E-state index in [4.69, 9.17) is 0 Å². The molecule has 0 aliphatic heterocycles. The number of hydrogen-bond acceptors (Lipinski definition) is 3. The van der Waals surface area contributed by atoms with Crippen molar-refractivity contribution in [1.82, 2.24) is 4.98 Å². The zero-order chi connectivity index (χ0) is 15.4. The van der Waals surface area contributed by atoms with Crippen LogP contribution in [0, 0.1) is 0 Å². The molecule has 0 radical (unpaired) electrons. The molecule has 1 N–H and O–H groups in total. The Balaban J connectivity index is 2.12. The summed E-state index contributed by atoms with van der Waals surface area (Å²) in [5.74, 6) is 1.04. The number of nitrogens with zero attached hydrogens (tertiary/aromatic N) is 2. The quantitative estimate of drug-likeness (QED) is 0.933. The summed E-state index contributed by atoms with van der Waals surface area (Å²) in [6, 6.07) is 13.3. The molecule has 1 aromatic heterocycles. The second kappa shape index (κ2) is 6.39. The highest BCUT2D eigenvalue weighted by Gasteiger charge is 2.09. The van der Waals surface area contributed by atoms with Gasteiger partial charge in [0.05, 0.1) is 0 Å². The van der Waals surface area contributed by atoms with Crippen molar-refractivity contribution < 1.29 is 4.79 Å². The first-order chi connectivity index (χ1) is 9.97. The number of carbonyl (C=O) groups is 1. The van der Waals surface area contributed by atoms with Crippen molar-refractivity contribution in [1.29, 1.82) is 0 Å². The molecule has 1 aromatic carbocycles. The standard InChI is InChI=1S/C17H21N3O/c1-12(2)13-8-10-14(11-9-13)18-17(21)15-6-5-7-16(19-15)20(3)4/h5-12H,1-4H3,(H,18,21). The van der Waals surface area contributed by atoms with Crippen molar-refractivity contribution in [2.75, 3.05) is 24.3 Å². The van der Waals surface area contributed by atoms with Gasteiger partial charge >= 0.3 is 0 Å². The third kappa shape index (κ3) is 3.81. The van der Waals surface area contributed by atoms with E-state index in [1.165, 1.54) is 5.56 Å². The first-order valence-corrected chi connectivity index (χ1v) is 7.03. The highest BCUT2D eigenvalue weighted by Crippen LogP contribution is 2.17. The van der Waals surface area contributed by atoms with Crippen LogP contribution in [0.2, 0.25) is 0 Å². The molecule has 21 heavy (non-hydrogen) atoms. The van der Waals surface area contributed by atoms with Gasteiger partial charge in [0.1, 0.15) is 11.5 Å². The normalized spacial score (nSPS) is 10.5. The van der Waals surface area contributed by atoms with Gasteiger partial charge in [0, 0.05) is 19.8 Å². The summed E-state index contributed by atoms with van der Waals surface area (Å²) >= 11 is 0. The summed E-state index contributed by atoms with van der Waals surface area (Å²) < 4.78 is 0. The van der Waals surface area contributed by atoms with Crippen LogP contribution in [-0.2, 0) is 0 Å². The minimum atomic E-state index is -0.198. The van der Waals surface area contributed by atoms with Crippen LogP contribution in [0.25, 0.3) is 0 Å². The van der Waals surface area contributed by atoms with E-state index >= 15 is 0 Å². The van der Waals surface area contributed by atoms with Gasteiger partial charge < -0.3 is 10.2 Å². The van der Waals surface area contributed by atoms with Gasteiger partial charge in [-0.15, -0.1) is 0 Å². The number of rotatable bonds is 4. The fourth-order valence-electron chi connectivity index (χ4n) is 1.95. The van der Waals surface area contributed by atoms with Gasteiger partial charge in [0.2, 0.25) is 0 Å². The molecule has 110 valence electrons. The molecule has 1 amide bonds. The van der Waals surface area contributed by atoms with Crippen molar-refractivity contribution >= 4 is 17.4 Å². The molecule has 1 heterocycles. The summed E-state index contributed by atoms with van der Waals surface area (Å²) in [5.41, 5.74) is 2.44. The maximum atomic E-state index is 12.2. The van der Waals surface area contributed by atoms with Gasteiger partial charge in [-0.3, -0.25) is 4.79 Å². The lowest BCUT2D eigenvalue weighted by Gasteiger charge is -2.12. The lowest BCUT2D eigenvalue weighted by atomic mass is 10.0. The smallest absolute Gasteiger partial charge is 0.274 e. The molecule has 0 bridgehead atoms. The fourth-order valence-corrected chi connectivity index (χ4v) is 1.95. The van der Waals surface area contributed by atoms with Crippen LogP contribution in [0.15, 0.2) is 42.5 Å². The Labute approximate surface area is 125 Å². The molecule has 0 aliphatic carbocycles. The minimum Gasteiger partial charge on any atom is -0.363 e. The van der Waals surface area contributed by atoms with Crippen molar-refractivity contribution in [3.8, 4) is 0 Å². The molecule has 0 saturated carbocycles. The van der Waals surface area contributed by atoms with Crippen LogP contribution in [0.1, 0.15) is 35.8 Å². The van der Waals surface area contributed by atoms with Gasteiger partial charge in [-0.05, 0) is 35.7 Å². The summed E-state index contributed by atoms with van der Waals surface area (Å²) in [7, 11) is 3.79. The van der Waals surface area contributed by atoms with Gasteiger partial charge in [-0.25, -0.2) is 4.98 Å². The molecule has 2 aromatic rings. The number of anilines is 2. The van der Waals surface area contributed by atoms with E-state index < -0.39 is 0 Å². The average molecular weight is 283 g/mol. The zero-order valence-corrected chi connectivity index (χ0v) is 12.9. The zero-order valence-electron chi connectivity index (χ0n) is 12.9. The molecular formula is C17H21N3O. The monoisotopic (exact) mass is 283 g/mol. The largest absolute Gasteiger partial charge is 0.363 e. The van der Waals surface area contributed by atoms with Gasteiger partial charge in [-0.2, -0.15) is 0 Å². The molecule has 0 aliphatic rings. The highest BCUT2D eigenvalue weighted by molar-refractivity contribution is 6.03. The number of nitrogens with one attached hydrogen (secondary N) is 1. The predicted octanol–water partition coefficient (Wildman–Crippen LogP) is 3.52. The van der Waals surface area contributed by atoms with Crippen molar-refractivity contribution in [3.63, 3.8) is 0 Å². The van der Waals surface area contributed by atoms with E-state index in [-0.39, 0.29) is 5.91 Å². The Morgan fingerprint density at radius 1 is 1.10 bits per heavy atom. The molecule has 4 nitrogen and oxygen atoms in total.